The van der Waals surface area contributed by atoms with Crippen LogP contribution in [0.25, 0.3) is 0 Å². The predicted octanol–water partition coefficient (Wildman–Crippen LogP) is 2.54. The van der Waals surface area contributed by atoms with E-state index in [9.17, 15) is 4.79 Å². The van der Waals surface area contributed by atoms with Gasteiger partial charge < -0.3 is 19.0 Å². The molecule has 0 saturated carbocycles. The second-order valence-corrected chi connectivity index (χ2v) is 6.17. The molecule has 0 amide bonds. The lowest BCUT2D eigenvalue weighted by Crippen LogP contribution is -2.48. The Kier molecular flexibility index (Phi) is 7.33. The largest absolute Gasteiger partial charge is 0.465 e. The number of methoxy groups -OCH3 is 1. The molecule has 0 bridgehead atoms. The molecule has 0 atom stereocenters. The summed E-state index contributed by atoms with van der Waals surface area (Å²) in [5.41, 5.74) is 1.83. The molecule has 0 unspecified atom stereocenters. The summed E-state index contributed by atoms with van der Waals surface area (Å²) in [6.07, 6.45) is 6.30. The summed E-state index contributed by atoms with van der Waals surface area (Å²) in [7, 11) is 1.32. The zero-order valence-electron chi connectivity index (χ0n) is 15.1. The zero-order valence-corrected chi connectivity index (χ0v) is 15.1. The number of carbonyl (C=O) groups is 1. The molecular formula is C18H26N2O5. The van der Waals surface area contributed by atoms with Gasteiger partial charge in [-0.25, -0.2) is 4.79 Å². The zero-order chi connectivity index (χ0) is 18.1. The Morgan fingerprint density at radius 2 is 2.00 bits per heavy atom. The number of esters is 1. The fourth-order valence-corrected chi connectivity index (χ4v) is 2.50. The average molecular weight is 350 g/mol. The summed E-state index contributed by atoms with van der Waals surface area (Å²) in [6, 6.07) is 3.79. The van der Waals surface area contributed by atoms with E-state index >= 15 is 0 Å². The van der Waals surface area contributed by atoms with E-state index in [1.807, 2.05) is 19.1 Å². The first-order valence-electron chi connectivity index (χ1n) is 8.48. The van der Waals surface area contributed by atoms with Gasteiger partial charge in [0.25, 0.3) is 5.79 Å². The Balaban J connectivity index is 1.59. The monoisotopic (exact) mass is 350 g/mol. The minimum absolute atomic E-state index is 0.278. The van der Waals surface area contributed by atoms with Crippen molar-refractivity contribution < 1.29 is 23.8 Å². The number of unbranched alkanes of at least 4 members (excludes halogenated alkanes) is 1. The second kappa shape index (κ2) is 9.48. The van der Waals surface area contributed by atoms with E-state index in [1.54, 1.807) is 19.3 Å². The first-order valence-corrected chi connectivity index (χ1v) is 8.48. The van der Waals surface area contributed by atoms with Gasteiger partial charge in [-0.2, -0.15) is 0 Å². The number of hydrogen-bond acceptors (Lipinski definition) is 7. The van der Waals surface area contributed by atoms with Crippen molar-refractivity contribution in [2.45, 2.75) is 38.9 Å². The highest BCUT2D eigenvalue weighted by molar-refractivity contribution is 5.98. The fraction of sp³-hybridized carbons (Fsp3) is 0.611. The van der Waals surface area contributed by atoms with Gasteiger partial charge >= 0.3 is 5.97 Å². The van der Waals surface area contributed by atoms with E-state index in [1.165, 1.54) is 7.11 Å². The molecule has 0 aromatic carbocycles. The number of oxime groups is 1. The van der Waals surface area contributed by atoms with Crippen molar-refractivity contribution in [3.05, 3.63) is 30.1 Å². The van der Waals surface area contributed by atoms with Crippen molar-refractivity contribution in [2.24, 2.45) is 11.1 Å². The summed E-state index contributed by atoms with van der Waals surface area (Å²) < 4.78 is 15.8. The van der Waals surface area contributed by atoms with Crippen LogP contribution in [0.3, 0.4) is 0 Å². The minimum Gasteiger partial charge on any atom is -0.465 e. The molecule has 1 saturated heterocycles. The van der Waals surface area contributed by atoms with Gasteiger partial charge in [-0.05, 0) is 38.3 Å². The Labute approximate surface area is 148 Å². The maximum absolute atomic E-state index is 11.6. The smallest absolute Gasteiger partial charge is 0.366 e. The summed E-state index contributed by atoms with van der Waals surface area (Å²) in [5.74, 6) is -1.49. The van der Waals surface area contributed by atoms with E-state index in [-0.39, 0.29) is 5.92 Å². The number of rotatable bonds is 8. The molecule has 2 rings (SSSR count). The van der Waals surface area contributed by atoms with Gasteiger partial charge in [0, 0.05) is 30.8 Å². The normalized spacial score (nSPS) is 24.0. The Hall–Kier alpha value is -1.99. The standard InChI is InChI=1S/C18H26N2O5/c1-14(16-7-9-19-10-8-16)20-25-11-5-4-6-15-12-23-18(2,24-13-15)17(21)22-3/h7-10,15H,4-6,11-13H2,1-3H3. The van der Waals surface area contributed by atoms with Crippen molar-refractivity contribution >= 4 is 11.7 Å². The number of aromatic nitrogens is 1. The molecule has 25 heavy (non-hydrogen) atoms. The highest BCUT2D eigenvalue weighted by Crippen LogP contribution is 2.25. The van der Waals surface area contributed by atoms with Crippen molar-refractivity contribution in [1.82, 2.24) is 4.98 Å². The number of ether oxygens (including phenoxy) is 3. The van der Waals surface area contributed by atoms with Gasteiger partial charge in [-0.1, -0.05) is 5.16 Å². The molecular weight excluding hydrogens is 324 g/mol. The highest BCUT2D eigenvalue weighted by Gasteiger charge is 2.41. The van der Waals surface area contributed by atoms with E-state index in [0.717, 1.165) is 30.5 Å². The molecule has 2 heterocycles. The van der Waals surface area contributed by atoms with E-state index in [0.29, 0.717) is 19.8 Å². The second-order valence-electron chi connectivity index (χ2n) is 6.17. The summed E-state index contributed by atoms with van der Waals surface area (Å²) in [5, 5.41) is 4.11. The average Bonchev–Trinajstić information content (AvgIpc) is 2.65. The van der Waals surface area contributed by atoms with Crippen LogP contribution in [0.2, 0.25) is 0 Å². The van der Waals surface area contributed by atoms with E-state index in [4.69, 9.17) is 14.3 Å². The molecule has 7 heteroatoms. The molecule has 0 radical (unpaired) electrons. The first-order chi connectivity index (χ1) is 12.0. The third kappa shape index (κ3) is 5.79. The van der Waals surface area contributed by atoms with Crippen molar-refractivity contribution in [1.29, 1.82) is 0 Å². The number of carbonyl (C=O) groups excluding carboxylic acids is 1. The molecule has 0 aliphatic carbocycles. The quantitative estimate of drug-likeness (QED) is 0.310. The molecule has 1 fully saturated rings. The molecule has 7 nitrogen and oxygen atoms in total. The Bertz CT molecular complexity index is 568. The molecule has 1 aliphatic rings. The van der Waals surface area contributed by atoms with Gasteiger partial charge in [0.1, 0.15) is 6.61 Å². The molecule has 1 aromatic rings. The van der Waals surface area contributed by atoms with Crippen LogP contribution in [0, 0.1) is 5.92 Å². The van der Waals surface area contributed by atoms with Gasteiger partial charge in [0.15, 0.2) is 0 Å². The van der Waals surface area contributed by atoms with E-state index < -0.39 is 11.8 Å². The molecule has 138 valence electrons. The molecule has 1 aromatic heterocycles. The molecule has 0 spiro atoms. The first kappa shape index (κ1) is 19.3. The van der Waals surface area contributed by atoms with Crippen LogP contribution in [-0.2, 0) is 23.8 Å². The molecule has 0 N–H and O–H groups in total. The van der Waals surface area contributed by atoms with Crippen LogP contribution < -0.4 is 0 Å². The molecule has 1 aliphatic heterocycles. The summed E-state index contributed by atoms with van der Waals surface area (Å²) in [6.45, 7) is 5.05. The highest BCUT2D eigenvalue weighted by atomic mass is 16.7. The summed E-state index contributed by atoms with van der Waals surface area (Å²) >= 11 is 0. The van der Waals surface area contributed by atoms with Gasteiger partial charge in [0.05, 0.1) is 26.0 Å². The number of nitrogens with zero attached hydrogens (tertiary/aromatic N) is 2. The third-order valence-corrected chi connectivity index (χ3v) is 4.14. The lowest BCUT2D eigenvalue weighted by atomic mass is 10.0. The van der Waals surface area contributed by atoms with Crippen molar-refractivity contribution in [2.75, 3.05) is 26.9 Å². The van der Waals surface area contributed by atoms with Crippen LogP contribution in [0.15, 0.2) is 29.7 Å². The Morgan fingerprint density at radius 1 is 1.32 bits per heavy atom. The van der Waals surface area contributed by atoms with Crippen LogP contribution >= 0.6 is 0 Å². The Morgan fingerprint density at radius 3 is 2.64 bits per heavy atom. The maximum atomic E-state index is 11.6. The predicted molar refractivity (Wildman–Crippen MR) is 92.1 cm³/mol. The third-order valence-electron chi connectivity index (χ3n) is 4.14. The lowest BCUT2D eigenvalue weighted by Gasteiger charge is -2.35. The maximum Gasteiger partial charge on any atom is 0.366 e. The van der Waals surface area contributed by atoms with Gasteiger partial charge in [-0.15, -0.1) is 0 Å². The fourth-order valence-electron chi connectivity index (χ4n) is 2.50. The van der Waals surface area contributed by atoms with Crippen LogP contribution in [0.1, 0.15) is 38.7 Å². The van der Waals surface area contributed by atoms with Crippen molar-refractivity contribution in [3.8, 4) is 0 Å². The topological polar surface area (TPSA) is 79.2 Å². The van der Waals surface area contributed by atoms with Crippen LogP contribution in [-0.4, -0.2) is 49.4 Å². The number of pyridine rings is 1. The van der Waals surface area contributed by atoms with Crippen LogP contribution in [0.5, 0.6) is 0 Å². The SMILES string of the molecule is COC(=O)C1(C)OCC(CCCCON=C(C)c2ccncc2)CO1. The van der Waals surface area contributed by atoms with E-state index in [2.05, 4.69) is 14.9 Å². The van der Waals surface area contributed by atoms with Crippen LogP contribution in [0.4, 0.5) is 0 Å². The minimum atomic E-state index is -1.27. The summed E-state index contributed by atoms with van der Waals surface area (Å²) in [4.78, 5) is 20.9. The van der Waals surface area contributed by atoms with Gasteiger partial charge in [0.2, 0.25) is 0 Å². The lowest BCUT2D eigenvalue weighted by molar-refractivity contribution is -0.272. The van der Waals surface area contributed by atoms with Crippen molar-refractivity contribution in [3.63, 3.8) is 0 Å². The van der Waals surface area contributed by atoms with Gasteiger partial charge in [-0.3, -0.25) is 4.98 Å². The number of hydrogen-bond donors (Lipinski definition) is 0.